The number of hydrogen-bond acceptors (Lipinski definition) is 2. The summed E-state index contributed by atoms with van der Waals surface area (Å²) in [6.07, 6.45) is 0.906. The van der Waals surface area contributed by atoms with E-state index in [1.807, 2.05) is 6.92 Å². The maximum absolute atomic E-state index is 10.8. The third-order valence-electron chi connectivity index (χ3n) is 1.98. The Bertz CT molecular complexity index is 149. The smallest absolute Gasteiger partial charge is 0.315 e. The Morgan fingerprint density at radius 3 is 3.00 bits per heavy atom. The van der Waals surface area contributed by atoms with Crippen LogP contribution in [0.25, 0.3) is 0 Å². The van der Waals surface area contributed by atoms with Crippen LogP contribution in [0.1, 0.15) is 13.3 Å². The zero-order chi connectivity index (χ0) is 8.27. The van der Waals surface area contributed by atoms with Crippen molar-refractivity contribution in [3.63, 3.8) is 0 Å². The number of carbonyl (C=O) groups excluding carboxylic acids is 1. The van der Waals surface area contributed by atoms with E-state index in [-0.39, 0.29) is 12.1 Å². The Morgan fingerprint density at radius 1 is 1.82 bits per heavy atom. The summed E-state index contributed by atoms with van der Waals surface area (Å²) < 4.78 is 5.20. The van der Waals surface area contributed by atoms with Crippen LogP contribution >= 0.6 is 0 Å². The Kier molecular flexibility index (Phi) is 2.70. The van der Waals surface area contributed by atoms with Crippen LogP contribution in [0.5, 0.6) is 0 Å². The highest BCUT2D eigenvalue weighted by Crippen LogP contribution is 2.08. The summed E-state index contributed by atoms with van der Waals surface area (Å²) in [4.78, 5) is 12.5. The van der Waals surface area contributed by atoms with Gasteiger partial charge in [-0.15, -0.1) is 0 Å². The average Bonchev–Trinajstić information content (AvgIpc) is 2.04. The van der Waals surface area contributed by atoms with E-state index < -0.39 is 0 Å². The predicted molar refractivity (Wildman–Crippen MR) is 41.2 cm³/mol. The third-order valence-corrected chi connectivity index (χ3v) is 1.98. The molecule has 1 heterocycles. The average molecular weight is 158 g/mol. The number of carbonyl (C=O) groups is 1. The van der Waals surface area contributed by atoms with Crippen molar-refractivity contribution in [2.45, 2.75) is 19.4 Å². The SMILES string of the molecule is CC[C@H]1COCCN1C(N)=O. The zero-order valence-corrected chi connectivity index (χ0v) is 6.75. The van der Waals surface area contributed by atoms with Crippen LogP contribution in [-0.4, -0.2) is 36.7 Å². The molecule has 1 fully saturated rings. The van der Waals surface area contributed by atoms with Crippen molar-refractivity contribution in [3.8, 4) is 0 Å². The first-order valence-corrected chi connectivity index (χ1v) is 3.89. The van der Waals surface area contributed by atoms with Gasteiger partial charge in [0.05, 0.1) is 19.3 Å². The number of urea groups is 1. The number of nitrogens with two attached hydrogens (primary N) is 1. The predicted octanol–water partition coefficient (Wildman–Crippen LogP) is 0.176. The van der Waals surface area contributed by atoms with Crippen molar-refractivity contribution in [2.75, 3.05) is 19.8 Å². The summed E-state index contributed by atoms with van der Waals surface area (Å²) in [6.45, 7) is 3.89. The summed E-state index contributed by atoms with van der Waals surface area (Å²) in [6, 6.07) is -0.151. The topological polar surface area (TPSA) is 55.6 Å². The molecule has 4 heteroatoms. The lowest BCUT2D eigenvalue weighted by molar-refractivity contribution is 0.0133. The van der Waals surface area contributed by atoms with Crippen molar-refractivity contribution >= 4 is 6.03 Å². The van der Waals surface area contributed by atoms with Gasteiger partial charge in [-0.05, 0) is 6.42 Å². The summed E-state index contributed by atoms with van der Waals surface area (Å²) in [5.74, 6) is 0. The standard InChI is InChI=1S/C7H14N2O2/c1-2-6-5-11-4-3-9(6)7(8)10/h6H,2-5H2,1H3,(H2,8,10)/t6-/m0/s1. The molecular formula is C7H14N2O2. The van der Waals surface area contributed by atoms with Crippen LogP contribution in [-0.2, 0) is 4.74 Å². The molecular weight excluding hydrogens is 144 g/mol. The molecule has 4 nitrogen and oxygen atoms in total. The first-order valence-electron chi connectivity index (χ1n) is 3.89. The lowest BCUT2D eigenvalue weighted by atomic mass is 10.2. The second kappa shape index (κ2) is 3.57. The van der Waals surface area contributed by atoms with E-state index in [2.05, 4.69) is 0 Å². The van der Waals surface area contributed by atoms with Gasteiger partial charge < -0.3 is 15.4 Å². The molecule has 0 aliphatic carbocycles. The monoisotopic (exact) mass is 158 g/mol. The number of nitrogens with zero attached hydrogens (tertiary/aromatic N) is 1. The molecule has 0 bridgehead atoms. The van der Waals surface area contributed by atoms with Crippen LogP contribution < -0.4 is 5.73 Å². The van der Waals surface area contributed by atoms with Gasteiger partial charge in [0.1, 0.15) is 0 Å². The van der Waals surface area contributed by atoms with Gasteiger partial charge in [0.15, 0.2) is 0 Å². The van der Waals surface area contributed by atoms with E-state index in [1.165, 1.54) is 0 Å². The van der Waals surface area contributed by atoms with Gasteiger partial charge in [-0.1, -0.05) is 6.92 Å². The van der Waals surface area contributed by atoms with Gasteiger partial charge in [-0.25, -0.2) is 4.79 Å². The Hall–Kier alpha value is -0.770. The van der Waals surface area contributed by atoms with Crippen molar-refractivity contribution < 1.29 is 9.53 Å². The molecule has 0 aromatic carbocycles. The third kappa shape index (κ3) is 1.83. The molecule has 1 aliphatic rings. The lowest BCUT2D eigenvalue weighted by Crippen LogP contribution is -2.50. The minimum Gasteiger partial charge on any atom is -0.377 e. The normalized spacial score (nSPS) is 25.2. The van der Waals surface area contributed by atoms with Crippen molar-refractivity contribution in [1.82, 2.24) is 4.90 Å². The largest absolute Gasteiger partial charge is 0.377 e. The molecule has 1 rings (SSSR count). The zero-order valence-electron chi connectivity index (χ0n) is 6.75. The van der Waals surface area contributed by atoms with Crippen LogP contribution in [0.15, 0.2) is 0 Å². The number of hydrogen-bond donors (Lipinski definition) is 1. The van der Waals surface area contributed by atoms with Gasteiger partial charge in [0.2, 0.25) is 0 Å². The van der Waals surface area contributed by atoms with E-state index in [0.717, 1.165) is 6.42 Å². The van der Waals surface area contributed by atoms with Gasteiger partial charge in [0.25, 0.3) is 0 Å². The summed E-state index contributed by atoms with van der Waals surface area (Å²) in [7, 11) is 0. The molecule has 11 heavy (non-hydrogen) atoms. The molecule has 2 amide bonds. The molecule has 0 radical (unpaired) electrons. The Morgan fingerprint density at radius 2 is 2.55 bits per heavy atom. The molecule has 0 aromatic rings. The molecule has 0 aromatic heterocycles. The van der Waals surface area contributed by atoms with Gasteiger partial charge in [0, 0.05) is 6.54 Å². The van der Waals surface area contributed by atoms with E-state index in [0.29, 0.717) is 19.8 Å². The molecule has 0 saturated carbocycles. The quantitative estimate of drug-likeness (QED) is 0.591. The van der Waals surface area contributed by atoms with Crippen LogP contribution in [0, 0.1) is 0 Å². The van der Waals surface area contributed by atoms with Crippen LogP contribution in [0.3, 0.4) is 0 Å². The molecule has 2 N–H and O–H groups in total. The van der Waals surface area contributed by atoms with Crippen molar-refractivity contribution in [2.24, 2.45) is 5.73 Å². The van der Waals surface area contributed by atoms with Gasteiger partial charge >= 0.3 is 6.03 Å². The highest BCUT2D eigenvalue weighted by atomic mass is 16.5. The van der Waals surface area contributed by atoms with Crippen LogP contribution in [0.2, 0.25) is 0 Å². The number of amides is 2. The molecule has 0 unspecified atom stereocenters. The second-order valence-electron chi connectivity index (χ2n) is 2.67. The van der Waals surface area contributed by atoms with E-state index in [1.54, 1.807) is 4.90 Å². The van der Waals surface area contributed by atoms with Gasteiger partial charge in [-0.3, -0.25) is 0 Å². The highest BCUT2D eigenvalue weighted by molar-refractivity contribution is 5.72. The lowest BCUT2D eigenvalue weighted by Gasteiger charge is -2.33. The molecule has 0 spiro atoms. The highest BCUT2D eigenvalue weighted by Gasteiger charge is 2.23. The minimum atomic E-state index is -0.333. The van der Waals surface area contributed by atoms with Crippen molar-refractivity contribution in [3.05, 3.63) is 0 Å². The fraction of sp³-hybridized carbons (Fsp3) is 0.857. The fourth-order valence-electron chi connectivity index (χ4n) is 1.28. The molecule has 64 valence electrons. The summed E-state index contributed by atoms with van der Waals surface area (Å²) >= 11 is 0. The Labute approximate surface area is 66.3 Å². The van der Waals surface area contributed by atoms with E-state index in [4.69, 9.17) is 10.5 Å². The molecule has 1 saturated heterocycles. The van der Waals surface area contributed by atoms with E-state index in [9.17, 15) is 4.79 Å². The molecule has 1 aliphatic heterocycles. The maximum atomic E-state index is 10.8. The van der Waals surface area contributed by atoms with Crippen molar-refractivity contribution in [1.29, 1.82) is 0 Å². The van der Waals surface area contributed by atoms with Crippen LogP contribution in [0.4, 0.5) is 4.79 Å². The van der Waals surface area contributed by atoms with Gasteiger partial charge in [-0.2, -0.15) is 0 Å². The fourth-order valence-corrected chi connectivity index (χ4v) is 1.28. The minimum absolute atomic E-state index is 0.182. The molecule has 1 atom stereocenters. The number of rotatable bonds is 1. The number of ether oxygens (including phenoxy) is 1. The maximum Gasteiger partial charge on any atom is 0.315 e. The summed E-state index contributed by atoms with van der Waals surface area (Å²) in [5, 5.41) is 0. The first kappa shape index (κ1) is 8.33. The second-order valence-corrected chi connectivity index (χ2v) is 2.67. The first-order chi connectivity index (χ1) is 5.25. The number of morpholine rings is 1. The van der Waals surface area contributed by atoms with E-state index >= 15 is 0 Å². The summed E-state index contributed by atoms with van der Waals surface area (Å²) in [5.41, 5.74) is 5.16. The Balaban J connectivity index is 2.51. The number of primary amides is 1.